The molecular formula is C17H25N5O. The fourth-order valence-electron chi connectivity index (χ4n) is 2.63. The van der Waals surface area contributed by atoms with Crippen molar-refractivity contribution in [2.24, 2.45) is 0 Å². The zero-order chi connectivity index (χ0) is 16.8. The van der Waals surface area contributed by atoms with Crippen LogP contribution in [-0.2, 0) is 17.8 Å². The molecule has 0 aliphatic rings. The first-order chi connectivity index (χ1) is 11.1. The molecule has 23 heavy (non-hydrogen) atoms. The van der Waals surface area contributed by atoms with Gasteiger partial charge in [0, 0.05) is 42.7 Å². The molecular weight excluding hydrogens is 290 g/mol. The maximum absolute atomic E-state index is 12.2. The molecule has 0 aliphatic heterocycles. The Morgan fingerprint density at radius 3 is 2.65 bits per heavy atom. The van der Waals surface area contributed by atoms with Crippen molar-refractivity contribution in [1.82, 2.24) is 20.5 Å². The second-order valence-electron chi connectivity index (χ2n) is 5.52. The molecule has 2 rings (SSSR count). The second kappa shape index (κ2) is 7.76. The van der Waals surface area contributed by atoms with Gasteiger partial charge in [-0.05, 0) is 33.8 Å². The SMILES string of the molecule is CCN(CC)c1ncccc1CNC(=O)Cc1c(C)n[nH]c1C. The third-order valence-corrected chi connectivity index (χ3v) is 4.02. The Morgan fingerprint density at radius 1 is 1.30 bits per heavy atom. The Balaban J connectivity index is 2.02. The van der Waals surface area contributed by atoms with Crippen LogP contribution >= 0.6 is 0 Å². The van der Waals surface area contributed by atoms with Crippen LogP contribution in [0.4, 0.5) is 5.82 Å². The average molecular weight is 315 g/mol. The summed E-state index contributed by atoms with van der Waals surface area (Å²) in [6.45, 7) is 10.3. The zero-order valence-corrected chi connectivity index (χ0v) is 14.3. The van der Waals surface area contributed by atoms with Crippen molar-refractivity contribution in [1.29, 1.82) is 0 Å². The number of hydrogen-bond acceptors (Lipinski definition) is 4. The Bertz CT molecular complexity index is 641. The number of carbonyl (C=O) groups excluding carboxylic acids is 1. The number of nitrogens with zero attached hydrogens (tertiary/aromatic N) is 3. The largest absolute Gasteiger partial charge is 0.357 e. The minimum absolute atomic E-state index is 0.00745. The quantitative estimate of drug-likeness (QED) is 0.821. The van der Waals surface area contributed by atoms with E-state index in [0.29, 0.717) is 13.0 Å². The van der Waals surface area contributed by atoms with E-state index in [-0.39, 0.29) is 5.91 Å². The maximum atomic E-state index is 12.2. The van der Waals surface area contributed by atoms with E-state index in [4.69, 9.17) is 0 Å². The molecule has 124 valence electrons. The summed E-state index contributed by atoms with van der Waals surface area (Å²) < 4.78 is 0. The number of rotatable bonds is 7. The van der Waals surface area contributed by atoms with Crippen LogP contribution in [0.3, 0.4) is 0 Å². The monoisotopic (exact) mass is 315 g/mol. The standard InChI is InChI=1S/C17H25N5O/c1-5-22(6-2)17-14(8-7-9-18-17)11-19-16(23)10-15-12(3)20-21-13(15)4/h7-9H,5-6,10-11H2,1-4H3,(H,19,23)(H,20,21). The predicted molar refractivity (Wildman–Crippen MR) is 91.4 cm³/mol. The van der Waals surface area contributed by atoms with Gasteiger partial charge in [-0.3, -0.25) is 9.89 Å². The summed E-state index contributed by atoms with van der Waals surface area (Å²) in [5.74, 6) is 0.931. The molecule has 6 heteroatoms. The van der Waals surface area contributed by atoms with Crippen molar-refractivity contribution in [3.05, 3.63) is 40.8 Å². The number of hydrogen-bond donors (Lipinski definition) is 2. The molecule has 0 atom stereocenters. The van der Waals surface area contributed by atoms with Gasteiger partial charge in [-0.1, -0.05) is 6.07 Å². The number of aryl methyl sites for hydroxylation is 2. The molecule has 0 saturated heterocycles. The summed E-state index contributed by atoms with van der Waals surface area (Å²) in [6.07, 6.45) is 2.13. The van der Waals surface area contributed by atoms with E-state index in [9.17, 15) is 4.79 Å². The number of H-pyrrole nitrogens is 1. The summed E-state index contributed by atoms with van der Waals surface area (Å²) in [7, 11) is 0. The van der Waals surface area contributed by atoms with Gasteiger partial charge in [0.05, 0.1) is 12.1 Å². The van der Waals surface area contributed by atoms with Gasteiger partial charge in [0.25, 0.3) is 0 Å². The van der Waals surface area contributed by atoms with Crippen LogP contribution in [0.25, 0.3) is 0 Å². The van der Waals surface area contributed by atoms with E-state index in [1.54, 1.807) is 6.20 Å². The summed E-state index contributed by atoms with van der Waals surface area (Å²) in [4.78, 5) is 18.9. The van der Waals surface area contributed by atoms with Crippen LogP contribution in [-0.4, -0.2) is 34.2 Å². The van der Waals surface area contributed by atoms with Gasteiger partial charge >= 0.3 is 0 Å². The van der Waals surface area contributed by atoms with Crippen molar-refractivity contribution in [3.63, 3.8) is 0 Å². The van der Waals surface area contributed by atoms with Crippen LogP contribution in [0.1, 0.15) is 36.4 Å². The highest BCUT2D eigenvalue weighted by Crippen LogP contribution is 2.17. The first-order valence-electron chi connectivity index (χ1n) is 8.02. The van der Waals surface area contributed by atoms with Crippen LogP contribution in [0.2, 0.25) is 0 Å². The Morgan fingerprint density at radius 2 is 2.04 bits per heavy atom. The highest BCUT2D eigenvalue weighted by molar-refractivity contribution is 5.79. The van der Waals surface area contributed by atoms with Gasteiger partial charge in [-0.15, -0.1) is 0 Å². The summed E-state index contributed by atoms with van der Waals surface area (Å²) in [5, 5.41) is 10.0. The minimum Gasteiger partial charge on any atom is -0.357 e. The number of amides is 1. The van der Waals surface area contributed by atoms with Crippen molar-refractivity contribution >= 4 is 11.7 Å². The summed E-state index contributed by atoms with van der Waals surface area (Å²) in [5.41, 5.74) is 3.83. The van der Waals surface area contributed by atoms with E-state index in [1.807, 2.05) is 26.0 Å². The smallest absolute Gasteiger partial charge is 0.224 e. The zero-order valence-electron chi connectivity index (χ0n) is 14.3. The first kappa shape index (κ1) is 17.0. The topological polar surface area (TPSA) is 73.9 Å². The molecule has 0 aromatic carbocycles. The second-order valence-corrected chi connectivity index (χ2v) is 5.52. The van der Waals surface area contributed by atoms with Gasteiger partial charge in [0.15, 0.2) is 0 Å². The normalized spacial score (nSPS) is 10.6. The molecule has 0 aliphatic carbocycles. The molecule has 1 amide bonds. The Labute approximate surface area is 137 Å². The van der Waals surface area contributed by atoms with Gasteiger partial charge < -0.3 is 10.2 Å². The van der Waals surface area contributed by atoms with Crippen LogP contribution in [0, 0.1) is 13.8 Å². The molecule has 2 aromatic rings. The number of nitrogens with one attached hydrogen (secondary N) is 2. The number of carbonyl (C=O) groups is 1. The lowest BCUT2D eigenvalue weighted by atomic mass is 10.1. The lowest BCUT2D eigenvalue weighted by Gasteiger charge is -2.22. The third-order valence-electron chi connectivity index (χ3n) is 4.02. The number of pyridine rings is 1. The maximum Gasteiger partial charge on any atom is 0.224 e. The number of aromatic amines is 1. The van der Waals surface area contributed by atoms with E-state index >= 15 is 0 Å². The summed E-state index contributed by atoms with van der Waals surface area (Å²) >= 11 is 0. The molecule has 0 unspecified atom stereocenters. The van der Waals surface area contributed by atoms with Crippen LogP contribution < -0.4 is 10.2 Å². The minimum atomic E-state index is -0.00745. The molecule has 2 aromatic heterocycles. The highest BCUT2D eigenvalue weighted by Gasteiger charge is 2.13. The van der Waals surface area contributed by atoms with Crippen LogP contribution in [0.5, 0.6) is 0 Å². The molecule has 0 saturated carbocycles. The molecule has 0 radical (unpaired) electrons. The van der Waals surface area contributed by atoms with Crippen molar-refractivity contribution in [2.75, 3.05) is 18.0 Å². The van der Waals surface area contributed by atoms with Crippen LogP contribution in [0.15, 0.2) is 18.3 Å². The predicted octanol–water partition coefficient (Wildman–Crippen LogP) is 2.13. The highest BCUT2D eigenvalue weighted by atomic mass is 16.1. The molecule has 2 N–H and O–H groups in total. The lowest BCUT2D eigenvalue weighted by molar-refractivity contribution is -0.120. The van der Waals surface area contributed by atoms with E-state index in [1.165, 1.54) is 0 Å². The Kier molecular flexibility index (Phi) is 5.73. The fourth-order valence-corrected chi connectivity index (χ4v) is 2.63. The number of anilines is 1. The first-order valence-corrected chi connectivity index (χ1v) is 8.02. The number of aromatic nitrogens is 3. The van der Waals surface area contributed by atoms with Gasteiger partial charge in [-0.25, -0.2) is 4.98 Å². The van der Waals surface area contributed by atoms with Crippen molar-refractivity contribution in [3.8, 4) is 0 Å². The molecule has 0 fully saturated rings. The molecule has 2 heterocycles. The fraction of sp³-hybridized carbons (Fsp3) is 0.471. The van der Waals surface area contributed by atoms with Gasteiger partial charge in [0.1, 0.15) is 5.82 Å². The average Bonchev–Trinajstić information content (AvgIpc) is 2.87. The molecule has 0 bridgehead atoms. The van der Waals surface area contributed by atoms with E-state index in [2.05, 4.69) is 39.2 Å². The van der Waals surface area contributed by atoms with Gasteiger partial charge in [-0.2, -0.15) is 5.10 Å². The Hall–Kier alpha value is -2.37. The van der Waals surface area contributed by atoms with Crippen molar-refractivity contribution < 1.29 is 4.79 Å². The molecule has 0 spiro atoms. The summed E-state index contributed by atoms with van der Waals surface area (Å²) in [6, 6.07) is 3.91. The van der Waals surface area contributed by atoms with E-state index < -0.39 is 0 Å². The van der Waals surface area contributed by atoms with Crippen molar-refractivity contribution in [2.45, 2.75) is 40.7 Å². The van der Waals surface area contributed by atoms with E-state index in [0.717, 1.165) is 41.4 Å². The third kappa shape index (κ3) is 4.09. The lowest BCUT2D eigenvalue weighted by Crippen LogP contribution is -2.28. The molecule has 6 nitrogen and oxygen atoms in total. The van der Waals surface area contributed by atoms with Gasteiger partial charge in [0.2, 0.25) is 5.91 Å².